The Labute approximate surface area is 231 Å². The van der Waals surface area contributed by atoms with Crippen LogP contribution in [0.2, 0.25) is 0 Å². The van der Waals surface area contributed by atoms with Gasteiger partial charge in [-0.25, -0.2) is 18.3 Å². The van der Waals surface area contributed by atoms with E-state index in [1.807, 2.05) is 0 Å². The summed E-state index contributed by atoms with van der Waals surface area (Å²) in [7, 11) is -21.3. The fourth-order valence-electron chi connectivity index (χ4n) is 4.25. The molecule has 2 aromatic heterocycles. The van der Waals surface area contributed by atoms with Gasteiger partial charge in [-0.1, -0.05) is 24.3 Å². The van der Waals surface area contributed by atoms with Crippen LogP contribution in [0.3, 0.4) is 0 Å². The van der Waals surface area contributed by atoms with Gasteiger partial charge >= 0.3 is 66.0 Å². The molecule has 6 nitrogen and oxygen atoms in total. The first-order valence-electron chi connectivity index (χ1n) is 12.3. The maximum absolute atomic E-state index is 10.7. The number of benzene rings is 2. The first kappa shape index (κ1) is 33.8. The molecular weight excluding hydrogens is 638 g/mol. The first-order valence-corrected chi connectivity index (χ1v) is 16.3. The summed E-state index contributed by atoms with van der Waals surface area (Å²) in [5, 5.41) is 7.24. The summed E-state index contributed by atoms with van der Waals surface area (Å²) in [6.45, 7) is 7.79. The second-order valence-electron chi connectivity index (χ2n) is 9.40. The predicted molar refractivity (Wildman–Crippen MR) is 137 cm³/mol. The van der Waals surface area contributed by atoms with Gasteiger partial charge in [0, 0.05) is 26.2 Å². The standard InChI is InChI=1S/C22H28N6.2F6P/c1-2-6-20-19(5-1)25-13-9-23-11-15-27-18-28(22-8-4-3-7-21(22)27)16-12-24-10-14-26(20)17-25;2*1-7(2,3,4,5)6/h1-8,17-18,23-24H,9-16H2;;/q+2;2*-1. The molecule has 0 radical (unpaired) electrons. The molecule has 0 aliphatic carbocycles. The summed E-state index contributed by atoms with van der Waals surface area (Å²) < 4.78 is 128. The Morgan fingerprint density at radius 1 is 0.500 bits per heavy atom. The smallest absolute Gasteiger partial charge is 0.244 e. The monoisotopic (exact) mass is 666 g/mol. The minimum absolute atomic E-state index is 0.968. The van der Waals surface area contributed by atoms with E-state index in [2.05, 4.69) is 90.1 Å². The Morgan fingerprint density at radius 2 is 0.810 bits per heavy atom. The van der Waals surface area contributed by atoms with E-state index in [4.69, 9.17) is 0 Å². The minimum Gasteiger partial charge on any atom is -0.309 e. The van der Waals surface area contributed by atoms with Gasteiger partial charge in [0.05, 0.1) is 0 Å². The second kappa shape index (κ2) is 10.5. The maximum Gasteiger partial charge on any atom is 0.244 e. The van der Waals surface area contributed by atoms with Crippen molar-refractivity contribution in [3.63, 3.8) is 0 Å². The number of imidazole rings is 2. The van der Waals surface area contributed by atoms with Gasteiger partial charge in [-0.05, 0) is 24.3 Å². The number of nitrogens with zero attached hydrogens (tertiary/aromatic N) is 4. The van der Waals surface area contributed by atoms with E-state index in [9.17, 15) is 50.4 Å². The zero-order valence-electron chi connectivity index (χ0n) is 21.6. The van der Waals surface area contributed by atoms with E-state index in [0.29, 0.717) is 0 Å². The molecule has 0 saturated heterocycles. The number of rotatable bonds is 0. The van der Waals surface area contributed by atoms with Gasteiger partial charge in [-0.2, -0.15) is 0 Å². The molecule has 4 aromatic rings. The molecule has 3 heterocycles. The molecule has 42 heavy (non-hydrogen) atoms. The van der Waals surface area contributed by atoms with Crippen molar-refractivity contribution < 1.29 is 59.5 Å². The van der Waals surface area contributed by atoms with Crippen molar-refractivity contribution in [2.24, 2.45) is 0 Å². The van der Waals surface area contributed by atoms with Crippen molar-refractivity contribution in [2.45, 2.75) is 26.2 Å². The van der Waals surface area contributed by atoms with Gasteiger partial charge in [0.2, 0.25) is 12.7 Å². The van der Waals surface area contributed by atoms with E-state index in [-0.39, 0.29) is 0 Å². The van der Waals surface area contributed by atoms with Crippen LogP contribution in [-0.4, -0.2) is 35.3 Å². The van der Waals surface area contributed by atoms with Crippen LogP contribution >= 0.6 is 15.6 Å². The molecule has 4 bridgehead atoms. The van der Waals surface area contributed by atoms with Crippen molar-refractivity contribution in [1.82, 2.24) is 19.8 Å². The molecule has 0 amide bonds. The Morgan fingerprint density at radius 3 is 1.17 bits per heavy atom. The van der Waals surface area contributed by atoms with Gasteiger partial charge in [0.25, 0.3) is 0 Å². The Bertz CT molecular complexity index is 1310. The van der Waals surface area contributed by atoms with E-state index in [1.165, 1.54) is 22.1 Å². The topological polar surface area (TPSA) is 41.7 Å². The van der Waals surface area contributed by atoms with E-state index in [0.717, 1.165) is 52.4 Å². The molecule has 20 heteroatoms. The second-order valence-corrected chi connectivity index (χ2v) is 13.2. The number of hydrogen-bond donors (Lipinski definition) is 2. The predicted octanol–water partition coefficient (Wildman–Crippen LogP) is 7.83. The minimum atomic E-state index is -10.7. The molecule has 0 unspecified atom stereocenters. The number of fused-ring (bicyclic) bond motifs is 10. The van der Waals surface area contributed by atoms with Crippen LogP contribution in [0.15, 0.2) is 61.2 Å². The average Bonchev–Trinajstić information content (AvgIpc) is 3.33. The molecule has 1 aliphatic heterocycles. The van der Waals surface area contributed by atoms with E-state index in [1.54, 1.807) is 0 Å². The number of hydrogen-bond acceptors (Lipinski definition) is 2. The maximum atomic E-state index is 9.87. The van der Waals surface area contributed by atoms with Crippen LogP contribution in [0.4, 0.5) is 50.4 Å². The van der Waals surface area contributed by atoms with Crippen LogP contribution in [0.5, 0.6) is 0 Å². The molecular formula is C22H28F12N6P2. The molecule has 2 N–H and O–H groups in total. The summed E-state index contributed by atoms with van der Waals surface area (Å²) >= 11 is 0. The third-order valence-corrected chi connectivity index (χ3v) is 5.68. The fourth-order valence-corrected chi connectivity index (χ4v) is 4.25. The van der Waals surface area contributed by atoms with Crippen LogP contribution < -0.4 is 19.8 Å². The number of halogens is 12. The SMILES string of the molecule is F[P-](F)(F)(F)(F)F.F[P-](F)(F)(F)(F)F.c1ccc2c(c1)n1c[n+]2CCNCC[n+]2cn(c3ccccc32)CCNCC1. The van der Waals surface area contributed by atoms with Crippen LogP contribution in [0, 0.1) is 0 Å². The summed E-state index contributed by atoms with van der Waals surface area (Å²) in [5.74, 6) is 0. The number of aromatic nitrogens is 4. The van der Waals surface area contributed by atoms with Gasteiger partial charge in [-0.15, -0.1) is 0 Å². The molecule has 0 atom stereocenters. The van der Waals surface area contributed by atoms with Crippen molar-refractivity contribution >= 4 is 37.7 Å². The third kappa shape index (κ3) is 14.0. The van der Waals surface area contributed by atoms with Crippen LogP contribution in [-0.2, 0) is 26.2 Å². The van der Waals surface area contributed by atoms with Crippen LogP contribution in [0.1, 0.15) is 0 Å². The van der Waals surface area contributed by atoms with Crippen molar-refractivity contribution in [3.8, 4) is 0 Å². The van der Waals surface area contributed by atoms with Gasteiger partial charge < -0.3 is 10.6 Å². The zero-order valence-corrected chi connectivity index (χ0v) is 23.4. The molecule has 0 fully saturated rings. The number of nitrogens with one attached hydrogen (secondary N) is 2. The summed E-state index contributed by atoms with van der Waals surface area (Å²) in [6, 6.07) is 17.4. The Hall–Kier alpha value is -2.68. The summed E-state index contributed by atoms with van der Waals surface area (Å²) in [5.41, 5.74) is 5.24. The van der Waals surface area contributed by atoms with E-state index < -0.39 is 15.6 Å². The van der Waals surface area contributed by atoms with Gasteiger partial charge in [0.15, 0.2) is 22.1 Å². The number of para-hydroxylation sites is 4. The van der Waals surface area contributed by atoms with Crippen molar-refractivity contribution in [2.75, 3.05) is 26.2 Å². The Kier molecular flexibility index (Phi) is 8.45. The third-order valence-electron chi connectivity index (χ3n) is 5.68. The Balaban J connectivity index is 0.000000289. The molecule has 2 aromatic carbocycles. The first-order chi connectivity index (χ1) is 18.8. The normalized spacial score (nSPS) is 18.8. The van der Waals surface area contributed by atoms with Crippen molar-refractivity contribution in [1.29, 1.82) is 0 Å². The van der Waals surface area contributed by atoms with E-state index >= 15 is 0 Å². The largest absolute Gasteiger partial charge is 0.309 e. The van der Waals surface area contributed by atoms with Crippen molar-refractivity contribution in [3.05, 3.63) is 61.2 Å². The quantitative estimate of drug-likeness (QED) is 0.114. The summed E-state index contributed by atoms with van der Waals surface area (Å²) in [4.78, 5) is 0. The fraction of sp³-hybridized carbons (Fsp3) is 0.364. The van der Waals surface area contributed by atoms with Gasteiger partial charge in [0.1, 0.15) is 26.2 Å². The molecule has 240 valence electrons. The van der Waals surface area contributed by atoms with Crippen LogP contribution in [0.25, 0.3) is 22.1 Å². The van der Waals surface area contributed by atoms with Gasteiger partial charge in [-0.3, -0.25) is 0 Å². The molecule has 0 saturated carbocycles. The zero-order chi connectivity index (χ0) is 31.6. The summed E-state index contributed by atoms with van der Waals surface area (Å²) in [6.07, 6.45) is 4.53. The molecule has 5 rings (SSSR count). The molecule has 0 spiro atoms. The average molecular weight is 666 g/mol. The molecule has 1 aliphatic rings.